The van der Waals surface area contributed by atoms with Crippen LogP contribution in [-0.4, -0.2) is 21.2 Å². The molecule has 20 heavy (non-hydrogen) atoms. The maximum Gasteiger partial charge on any atom is 0.334 e. The third kappa shape index (κ3) is 3.93. The lowest BCUT2D eigenvalue weighted by atomic mass is 10.1. The molecular weight excluding hydrogens is 278 g/mol. The predicted molar refractivity (Wildman–Crippen MR) is 76.6 cm³/mol. The van der Waals surface area contributed by atoms with E-state index in [9.17, 15) is 4.79 Å². The average molecular weight is 292 g/mol. The molecule has 0 spiro atoms. The van der Waals surface area contributed by atoms with E-state index in [1.807, 2.05) is 22.9 Å². The molecule has 1 aromatic heterocycles. The second-order valence-corrected chi connectivity index (χ2v) is 4.53. The van der Waals surface area contributed by atoms with Crippen LogP contribution in [0.5, 0.6) is 0 Å². The summed E-state index contributed by atoms with van der Waals surface area (Å²) in [5, 5.41) is 4.58. The number of imidazole rings is 1. The summed E-state index contributed by atoms with van der Waals surface area (Å²) in [7, 11) is 0. The van der Waals surface area contributed by atoms with Crippen molar-refractivity contribution in [2.24, 2.45) is 5.16 Å². The Morgan fingerprint density at radius 2 is 2.15 bits per heavy atom. The van der Waals surface area contributed by atoms with Gasteiger partial charge >= 0.3 is 5.97 Å². The number of benzene rings is 1. The molecule has 0 aliphatic carbocycles. The quantitative estimate of drug-likeness (QED) is 0.483. The highest BCUT2D eigenvalue weighted by atomic mass is 35.5. The van der Waals surface area contributed by atoms with Gasteiger partial charge in [0.15, 0.2) is 0 Å². The maximum atomic E-state index is 11.2. The summed E-state index contributed by atoms with van der Waals surface area (Å²) in [4.78, 5) is 20.1. The van der Waals surface area contributed by atoms with E-state index in [0.717, 1.165) is 5.56 Å². The summed E-state index contributed by atoms with van der Waals surface area (Å²) in [5.74, 6) is -0.373. The van der Waals surface area contributed by atoms with E-state index in [1.54, 1.807) is 31.6 Å². The number of carbonyl (C=O) groups excluding carboxylic acids is 1. The van der Waals surface area contributed by atoms with Crippen LogP contribution in [-0.2, 0) is 16.2 Å². The molecule has 1 heterocycles. The lowest BCUT2D eigenvalue weighted by Crippen LogP contribution is -2.12. The summed E-state index contributed by atoms with van der Waals surface area (Å²) in [6.07, 6.45) is 5.44. The number of oxime groups is 1. The Hall–Kier alpha value is -2.14. The summed E-state index contributed by atoms with van der Waals surface area (Å²) >= 11 is 5.87. The van der Waals surface area contributed by atoms with Crippen LogP contribution in [0.4, 0.5) is 0 Å². The Morgan fingerprint density at radius 3 is 2.75 bits per heavy atom. The predicted octanol–water partition coefficient (Wildman–Crippen LogP) is 2.89. The highest BCUT2D eigenvalue weighted by molar-refractivity contribution is 6.30. The lowest BCUT2D eigenvalue weighted by Gasteiger charge is -2.07. The molecule has 6 heteroatoms. The van der Waals surface area contributed by atoms with E-state index in [-0.39, 0.29) is 12.4 Å². The van der Waals surface area contributed by atoms with E-state index >= 15 is 0 Å². The van der Waals surface area contributed by atoms with Gasteiger partial charge in [0.1, 0.15) is 5.71 Å². The van der Waals surface area contributed by atoms with E-state index in [4.69, 9.17) is 16.4 Å². The monoisotopic (exact) mass is 291 g/mol. The summed E-state index contributed by atoms with van der Waals surface area (Å²) in [6, 6.07) is 7.19. The molecule has 0 aliphatic rings. The number of rotatable bonds is 5. The van der Waals surface area contributed by atoms with Crippen molar-refractivity contribution >= 4 is 23.3 Å². The van der Waals surface area contributed by atoms with Crippen molar-refractivity contribution in [3.8, 4) is 0 Å². The van der Waals surface area contributed by atoms with Crippen LogP contribution in [0.25, 0.3) is 0 Å². The molecule has 0 saturated carbocycles. The molecule has 0 N–H and O–H groups in total. The van der Waals surface area contributed by atoms with Crippen molar-refractivity contribution in [3.05, 3.63) is 53.6 Å². The van der Waals surface area contributed by atoms with Gasteiger partial charge in [-0.15, -0.1) is 0 Å². The molecule has 104 valence electrons. The molecule has 0 radical (unpaired) electrons. The molecule has 0 saturated heterocycles. The minimum absolute atomic E-state index is 0.280. The second kappa shape index (κ2) is 6.86. The first-order valence-electron chi connectivity index (χ1n) is 6.17. The van der Waals surface area contributed by atoms with E-state index in [1.165, 1.54) is 0 Å². The molecule has 0 fully saturated rings. The Balaban J connectivity index is 2.23. The van der Waals surface area contributed by atoms with Crippen LogP contribution in [0.3, 0.4) is 0 Å². The van der Waals surface area contributed by atoms with Gasteiger partial charge in [-0.3, -0.25) is 0 Å². The van der Waals surface area contributed by atoms with E-state index < -0.39 is 0 Å². The largest absolute Gasteiger partial charge is 0.334 e. The topological polar surface area (TPSA) is 56.5 Å². The second-order valence-electron chi connectivity index (χ2n) is 4.10. The van der Waals surface area contributed by atoms with Crippen LogP contribution in [0.2, 0.25) is 5.02 Å². The molecule has 0 amide bonds. The fourth-order valence-electron chi connectivity index (χ4n) is 1.54. The zero-order chi connectivity index (χ0) is 14.4. The van der Waals surface area contributed by atoms with Gasteiger partial charge in [-0.1, -0.05) is 35.8 Å². The van der Waals surface area contributed by atoms with E-state index in [2.05, 4.69) is 10.1 Å². The van der Waals surface area contributed by atoms with Crippen molar-refractivity contribution in [3.63, 3.8) is 0 Å². The summed E-state index contributed by atoms with van der Waals surface area (Å²) in [5.41, 5.74) is 1.47. The van der Waals surface area contributed by atoms with Gasteiger partial charge in [0.25, 0.3) is 0 Å². The normalized spacial score (nSPS) is 11.4. The first kappa shape index (κ1) is 14.3. The fourth-order valence-corrected chi connectivity index (χ4v) is 1.66. The third-order valence-electron chi connectivity index (χ3n) is 2.62. The van der Waals surface area contributed by atoms with Crippen molar-refractivity contribution in [1.29, 1.82) is 0 Å². The van der Waals surface area contributed by atoms with Crippen molar-refractivity contribution < 1.29 is 9.63 Å². The standard InChI is InChI=1S/C14H14ClN3O2/c1-2-14(19)20-17-13(9-18-8-7-16-10-18)11-3-5-12(15)6-4-11/h3-8,10H,2,9H2,1H3/b17-13+. The van der Waals surface area contributed by atoms with Gasteiger partial charge < -0.3 is 9.40 Å². The first-order valence-corrected chi connectivity index (χ1v) is 6.55. The van der Waals surface area contributed by atoms with Gasteiger partial charge in [0.05, 0.1) is 12.9 Å². The van der Waals surface area contributed by atoms with Gasteiger partial charge in [0.2, 0.25) is 0 Å². The highest BCUT2D eigenvalue weighted by Crippen LogP contribution is 2.12. The lowest BCUT2D eigenvalue weighted by molar-refractivity contribution is -0.143. The minimum Gasteiger partial charge on any atom is -0.331 e. The van der Waals surface area contributed by atoms with Crippen molar-refractivity contribution in [2.45, 2.75) is 19.9 Å². The first-order chi connectivity index (χ1) is 9.69. The molecule has 1 aromatic carbocycles. The molecule has 0 unspecified atom stereocenters. The zero-order valence-electron chi connectivity index (χ0n) is 11.0. The minimum atomic E-state index is -0.373. The van der Waals surface area contributed by atoms with Crippen LogP contribution in [0.15, 0.2) is 48.1 Å². The molecule has 0 aliphatic heterocycles. The Kier molecular flexibility index (Phi) is 4.90. The molecular formula is C14H14ClN3O2. The number of aromatic nitrogens is 2. The van der Waals surface area contributed by atoms with Crippen LogP contribution >= 0.6 is 11.6 Å². The Morgan fingerprint density at radius 1 is 1.40 bits per heavy atom. The molecule has 0 atom stereocenters. The zero-order valence-corrected chi connectivity index (χ0v) is 11.7. The summed E-state index contributed by atoms with van der Waals surface area (Å²) < 4.78 is 1.84. The van der Waals surface area contributed by atoms with E-state index in [0.29, 0.717) is 17.3 Å². The van der Waals surface area contributed by atoms with Gasteiger partial charge in [-0.05, 0) is 12.1 Å². The highest BCUT2D eigenvalue weighted by Gasteiger charge is 2.07. The van der Waals surface area contributed by atoms with Crippen LogP contribution in [0.1, 0.15) is 18.9 Å². The average Bonchev–Trinajstić information content (AvgIpc) is 2.97. The number of nitrogens with zero attached hydrogens (tertiary/aromatic N) is 3. The van der Waals surface area contributed by atoms with Gasteiger partial charge in [0, 0.05) is 29.4 Å². The smallest absolute Gasteiger partial charge is 0.331 e. The number of halogens is 1. The van der Waals surface area contributed by atoms with Crippen molar-refractivity contribution in [1.82, 2.24) is 9.55 Å². The van der Waals surface area contributed by atoms with Crippen LogP contribution in [0, 0.1) is 0 Å². The summed E-state index contributed by atoms with van der Waals surface area (Å²) in [6.45, 7) is 2.17. The Labute approximate surface area is 121 Å². The molecule has 0 bridgehead atoms. The van der Waals surface area contributed by atoms with Crippen molar-refractivity contribution in [2.75, 3.05) is 0 Å². The third-order valence-corrected chi connectivity index (χ3v) is 2.87. The molecule has 2 rings (SSSR count). The number of hydrogen-bond acceptors (Lipinski definition) is 4. The SMILES string of the molecule is CCC(=O)O/N=C(\Cn1ccnc1)c1ccc(Cl)cc1. The number of hydrogen-bond donors (Lipinski definition) is 0. The number of carbonyl (C=O) groups is 1. The van der Waals surface area contributed by atoms with Gasteiger partial charge in [-0.2, -0.15) is 0 Å². The molecule has 5 nitrogen and oxygen atoms in total. The maximum absolute atomic E-state index is 11.2. The Bertz CT molecular complexity index is 591. The fraction of sp³-hybridized carbons (Fsp3) is 0.214. The molecule has 2 aromatic rings. The van der Waals surface area contributed by atoms with Crippen LogP contribution < -0.4 is 0 Å². The van der Waals surface area contributed by atoms with Gasteiger partial charge in [-0.25, -0.2) is 9.78 Å².